The average Bonchev–Trinajstić information content (AvgIpc) is 2.47. The van der Waals surface area contributed by atoms with E-state index in [1.54, 1.807) is 12.3 Å². The number of aliphatic hydroxyl groups excluding tert-OH is 1. The number of halogens is 1. The van der Waals surface area contributed by atoms with Crippen LogP contribution in [0.1, 0.15) is 36.0 Å². The zero-order valence-electron chi connectivity index (χ0n) is 11.0. The van der Waals surface area contributed by atoms with Gasteiger partial charge in [-0.2, -0.15) is 0 Å². The van der Waals surface area contributed by atoms with Crippen molar-refractivity contribution in [3.05, 3.63) is 58.9 Å². The molecule has 0 saturated heterocycles. The highest BCUT2D eigenvalue weighted by molar-refractivity contribution is 6.29. The number of hydrogen-bond acceptors (Lipinski definition) is 3. The Morgan fingerprint density at radius 2 is 2.20 bits per heavy atom. The molecule has 0 saturated carbocycles. The number of benzene rings is 1. The summed E-state index contributed by atoms with van der Waals surface area (Å²) in [6.07, 6.45) is 2.68. The summed E-state index contributed by atoms with van der Waals surface area (Å²) in [5.74, 6) is 1.24. The van der Waals surface area contributed by atoms with Crippen LogP contribution < -0.4 is 4.74 Å². The molecule has 1 aromatic carbocycles. The summed E-state index contributed by atoms with van der Waals surface area (Å²) in [5, 5.41) is 10.8. The van der Waals surface area contributed by atoms with Gasteiger partial charge in [0.1, 0.15) is 10.9 Å². The van der Waals surface area contributed by atoms with Crippen LogP contribution in [0.3, 0.4) is 0 Å². The second-order valence-corrected chi connectivity index (χ2v) is 5.42. The SMILES string of the molecule is OC(CC1CCOc2ccccc21)c1ccnc(Cl)c1. The molecule has 1 N–H and O–H groups in total. The number of pyridine rings is 1. The first-order valence-electron chi connectivity index (χ1n) is 6.75. The Bertz CT molecular complexity index is 603. The second-order valence-electron chi connectivity index (χ2n) is 5.04. The zero-order chi connectivity index (χ0) is 13.9. The van der Waals surface area contributed by atoms with Gasteiger partial charge in [0.2, 0.25) is 0 Å². The number of aliphatic hydroxyl groups is 1. The predicted molar refractivity (Wildman–Crippen MR) is 78.1 cm³/mol. The molecule has 0 fully saturated rings. The summed E-state index contributed by atoms with van der Waals surface area (Å²) in [5.41, 5.74) is 1.99. The minimum Gasteiger partial charge on any atom is -0.493 e. The molecule has 0 spiro atoms. The lowest BCUT2D eigenvalue weighted by Crippen LogP contribution is -2.16. The van der Waals surface area contributed by atoms with Gasteiger partial charge in [0.25, 0.3) is 0 Å². The van der Waals surface area contributed by atoms with Gasteiger partial charge in [-0.1, -0.05) is 29.8 Å². The maximum Gasteiger partial charge on any atom is 0.129 e. The van der Waals surface area contributed by atoms with Crippen LogP contribution in [0, 0.1) is 0 Å². The molecule has 1 aromatic heterocycles. The number of para-hydroxylation sites is 1. The van der Waals surface area contributed by atoms with Gasteiger partial charge in [0.05, 0.1) is 12.7 Å². The van der Waals surface area contributed by atoms with E-state index in [1.165, 1.54) is 5.56 Å². The lowest BCUT2D eigenvalue weighted by atomic mass is 9.87. The second kappa shape index (κ2) is 5.81. The van der Waals surface area contributed by atoms with Crippen molar-refractivity contribution in [2.75, 3.05) is 6.61 Å². The fourth-order valence-corrected chi connectivity index (χ4v) is 2.87. The third kappa shape index (κ3) is 2.79. The normalized spacial score (nSPS) is 19.0. The molecule has 0 bridgehead atoms. The lowest BCUT2D eigenvalue weighted by molar-refractivity contribution is 0.145. The Labute approximate surface area is 123 Å². The molecule has 2 unspecified atom stereocenters. The van der Waals surface area contributed by atoms with Crippen molar-refractivity contribution in [1.82, 2.24) is 4.98 Å². The van der Waals surface area contributed by atoms with E-state index in [2.05, 4.69) is 11.1 Å². The van der Waals surface area contributed by atoms with Crippen molar-refractivity contribution >= 4 is 11.6 Å². The molecular formula is C16H16ClNO2. The minimum atomic E-state index is -0.536. The topological polar surface area (TPSA) is 42.4 Å². The van der Waals surface area contributed by atoms with Crippen molar-refractivity contribution in [2.24, 2.45) is 0 Å². The lowest BCUT2D eigenvalue weighted by Gasteiger charge is -2.27. The predicted octanol–water partition coefficient (Wildman–Crippen LogP) is 3.72. The Morgan fingerprint density at radius 3 is 3.05 bits per heavy atom. The third-order valence-electron chi connectivity index (χ3n) is 3.73. The fourth-order valence-electron chi connectivity index (χ4n) is 2.69. The van der Waals surface area contributed by atoms with Crippen molar-refractivity contribution in [3.63, 3.8) is 0 Å². The van der Waals surface area contributed by atoms with E-state index in [1.807, 2.05) is 24.3 Å². The maximum absolute atomic E-state index is 10.4. The Morgan fingerprint density at radius 1 is 1.35 bits per heavy atom. The maximum atomic E-state index is 10.4. The van der Waals surface area contributed by atoms with E-state index in [0.717, 1.165) is 17.7 Å². The van der Waals surface area contributed by atoms with E-state index < -0.39 is 6.10 Å². The van der Waals surface area contributed by atoms with Crippen molar-refractivity contribution in [2.45, 2.75) is 24.9 Å². The van der Waals surface area contributed by atoms with E-state index >= 15 is 0 Å². The van der Waals surface area contributed by atoms with Crippen molar-refractivity contribution in [3.8, 4) is 5.75 Å². The van der Waals surface area contributed by atoms with Gasteiger partial charge in [0, 0.05) is 6.20 Å². The highest BCUT2D eigenvalue weighted by Gasteiger charge is 2.24. The quantitative estimate of drug-likeness (QED) is 0.876. The number of fused-ring (bicyclic) bond motifs is 1. The Balaban J connectivity index is 1.79. The highest BCUT2D eigenvalue weighted by Crippen LogP contribution is 2.38. The standard InChI is InChI=1S/C16H16ClNO2/c17-16-10-12(5-7-18-16)14(19)9-11-6-8-20-15-4-2-1-3-13(11)15/h1-5,7,10-11,14,19H,6,8-9H2. The summed E-state index contributed by atoms with van der Waals surface area (Å²) >= 11 is 5.87. The summed E-state index contributed by atoms with van der Waals surface area (Å²) in [6.45, 7) is 0.700. The number of hydrogen-bond donors (Lipinski definition) is 1. The van der Waals surface area contributed by atoms with Gasteiger partial charge in [-0.05, 0) is 48.1 Å². The van der Waals surface area contributed by atoms with E-state index in [4.69, 9.17) is 16.3 Å². The summed E-state index contributed by atoms with van der Waals surface area (Å²) in [4.78, 5) is 3.94. The Hall–Kier alpha value is -1.58. The third-order valence-corrected chi connectivity index (χ3v) is 3.93. The molecule has 4 heteroatoms. The van der Waals surface area contributed by atoms with Gasteiger partial charge < -0.3 is 9.84 Å². The van der Waals surface area contributed by atoms with Gasteiger partial charge in [-0.25, -0.2) is 4.98 Å². The zero-order valence-corrected chi connectivity index (χ0v) is 11.8. The largest absolute Gasteiger partial charge is 0.493 e. The van der Waals surface area contributed by atoms with Gasteiger partial charge >= 0.3 is 0 Å². The van der Waals surface area contributed by atoms with Crippen LogP contribution in [0.15, 0.2) is 42.6 Å². The molecule has 3 rings (SSSR count). The summed E-state index contributed by atoms with van der Waals surface area (Å²) in [7, 11) is 0. The van der Waals surface area contributed by atoms with E-state index in [0.29, 0.717) is 24.1 Å². The molecule has 1 aliphatic rings. The van der Waals surface area contributed by atoms with Gasteiger partial charge in [-0.15, -0.1) is 0 Å². The van der Waals surface area contributed by atoms with Crippen LogP contribution in [0.4, 0.5) is 0 Å². The highest BCUT2D eigenvalue weighted by atomic mass is 35.5. The molecule has 1 aliphatic heterocycles. The average molecular weight is 290 g/mol. The minimum absolute atomic E-state index is 0.307. The molecule has 0 amide bonds. The summed E-state index contributed by atoms with van der Waals surface area (Å²) in [6, 6.07) is 11.6. The fraction of sp³-hybridized carbons (Fsp3) is 0.312. The number of rotatable bonds is 3. The number of aromatic nitrogens is 1. The molecule has 20 heavy (non-hydrogen) atoms. The molecule has 104 valence electrons. The Kier molecular flexibility index (Phi) is 3.90. The first-order chi connectivity index (χ1) is 9.74. The van der Waals surface area contributed by atoms with Crippen molar-refractivity contribution < 1.29 is 9.84 Å². The van der Waals surface area contributed by atoms with Crippen molar-refractivity contribution in [1.29, 1.82) is 0 Å². The number of nitrogens with zero attached hydrogens (tertiary/aromatic N) is 1. The van der Waals surface area contributed by atoms with Crippen LogP contribution >= 0.6 is 11.6 Å². The van der Waals surface area contributed by atoms with E-state index in [-0.39, 0.29) is 0 Å². The first kappa shape index (κ1) is 13.4. The van der Waals surface area contributed by atoms with Gasteiger partial charge in [0.15, 0.2) is 0 Å². The first-order valence-corrected chi connectivity index (χ1v) is 7.13. The van der Waals surface area contributed by atoms with Crippen LogP contribution in [0.25, 0.3) is 0 Å². The molecule has 0 aliphatic carbocycles. The molecule has 3 nitrogen and oxygen atoms in total. The van der Waals surface area contributed by atoms with Crippen LogP contribution in [0.2, 0.25) is 5.15 Å². The molecule has 0 radical (unpaired) electrons. The van der Waals surface area contributed by atoms with Crippen LogP contribution in [-0.2, 0) is 0 Å². The van der Waals surface area contributed by atoms with E-state index in [9.17, 15) is 5.11 Å². The summed E-state index contributed by atoms with van der Waals surface area (Å²) < 4.78 is 5.65. The van der Waals surface area contributed by atoms with Crippen LogP contribution in [0.5, 0.6) is 5.75 Å². The van der Waals surface area contributed by atoms with Crippen LogP contribution in [-0.4, -0.2) is 16.7 Å². The van der Waals surface area contributed by atoms with Gasteiger partial charge in [-0.3, -0.25) is 0 Å². The molecule has 2 atom stereocenters. The smallest absolute Gasteiger partial charge is 0.129 e. The number of ether oxygens (including phenoxy) is 1. The monoisotopic (exact) mass is 289 g/mol. The molecule has 2 aromatic rings. The molecular weight excluding hydrogens is 274 g/mol. The molecule has 2 heterocycles.